The van der Waals surface area contributed by atoms with Crippen LogP contribution in [0.1, 0.15) is 16.1 Å². The van der Waals surface area contributed by atoms with Crippen LogP contribution in [0.3, 0.4) is 0 Å². The Morgan fingerprint density at radius 2 is 2.18 bits per heavy atom. The van der Waals surface area contributed by atoms with Crippen molar-refractivity contribution in [1.29, 1.82) is 0 Å². The van der Waals surface area contributed by atoms with E-state index in [9.17, 15) is 4.79 Å². The SMILES string of the molecule is COCc1cccc(NC(=O)c2nn3ccccc3c2Cl)c1. The van der Waals surface area contributed by atoms with Crippen molar-refractivity contribution in [2.75, 3.05) is 12.4 Å². The minimum Gasteiger partial charge on any atom is -0.380 e. The van der Waals surface area contributed by atoms with E-state index in [2.05, 4.69) is 10.4 Å². The Bertz CT molecular complexity index is 829. The molecular weight excluding hydrogens is 302 g/mol. The fourth-order valence-electron chi connectivity index (χ4n) is 2.21. The number of aromatic nitrogens is 2. The number of ether oxygens (including phenoxy) is 1. The third-order valence-electron chi connectivity index (χ3n) is 3.19. The number of nitrogens with one attached hydrogen (secondary N) is 1. The molecule has 3 aromatic rings. The number of hydrogen-bond acceptors (Lipinski definition) is 3. The lowest BCUT2D eigenvalue weighted by molar-refractivity contribution is 0.102. The summed E-state index contributed by atoms with van der Waals surface area (Å²) in [5.74, 6) is -0.344. The van der Waals surface area contributed by atoms with E-state index in [1.807, 2.05) is 36.4 Å². The van der Waals surface area contributed by atoms with Crippen LogP contribution in [-0.2, 0) is 11.3 Å². The number of halogens is 1. The van der Waals surface area contributed by atoms with Crippen LogP contribution in [0, 0.1) is 0 Å². The summed E-state index contributed by atoms with van der Waals surface area (Å²) >= 11 is 6.24. The first-order chi connectivity index (χ1) is 10.7. The van der Waals surface area contributed by atoms with Crippen LogP contribution in [0.25, 0.3) is 5.52 Å². The van der Waals surface area contributed by atoms with Gasteiger partial charge in [0.25, 0.3) is 5.91 Å². The van der Waals surface area contributed by atoms with E-state index in [1.54, 1.807) is 23.9 Å². The van der Waals surface area contributed by atoms with Crippen molar-refractivity contribution in [1.82, 2.24) is 9.61 Å². The third-order valence-corrected chi connectivity index (χ3v) is 3.56. The van der Waals surface area contributed by atoms with Crippen LogP contribution in [-0.4, -0.2) is 22.6 Å². The molecule has 0 unspecified atom stereocenters. The van der Waals surface area contributed by atoms with E-state index in [0.717, 1.165) is 5.56 Å². The Balaban J connectivity index is 1.87. The Kier molecular flexibility index (Phi) is 4.09. The maximum atomic E-state index is 12.4. The van der Waals surface area contributed by atoms with E-state index < -0.39 is 0 Å². The molecule has 0 radical (unpaired) electrons. The molecule has 112 valence electrons. The number of hydrogen-bond donors (Lipinski definition) is 1. The summed E-state index contributed by atoms with van der Waals surface area (Å²) in [6.07, 6.45) is 1.75. The molecule has 0 atom stereocenters. The summed E-state index contributed by atoms with van der Waals surface area (Å²) in [5.41, 5.74) is 2.54. The van der Waals surface area contributed by atoms with Crippen LogP contribution in [0.4, 0.5) is 5.69 Å². The molecule has 6 heteroatoms. The zero-order valence-electron chi connectivity index (χ0n) is 11.9. The summed E-state index contributed by atoms with van der Waals surface area (Å²) in [4.78, 5) is 12.4. The second-order valence-corrected chi connectivity index (χ2v) is 5.16. The van der Waals surface area contributed by atoms with Gasteiger partial charge < -0.3 is 10.1 Å². The lowest BCUT2D eigenvalue weighted by Crippen LogP contribution is -2.13. The molecular formula is C16H14ClN3O2. The standard InChI is InChI=1S/C16H14ClN3O2/c1-22-10-11-5-4-6-12(9-11)18-16(21)15-14(17)13-7-2-3-8-20(13)19-15/h2-9H,10H2,1H3,(H,18,21). The lowest BCUT2D eigenvalue weighted by atomic mass is 10.2. The van der Waals surface area contributed by atoms with Crippen LogP contribution in [0.2, 0.25) is 5.02 Å². The number of pyridine rings is 1. The average molecular weight is 316 g/mol. The molecule has 0 fully saturated rings. The molecule has 2 heterocycles. The van der Waals surface area contributed by atoms with Crippen LogP contribution < -0.4 is 5.32 Å². The lowest BCUT2D eigenvalue weighted by Gasteiger charge is -2.06. The Morgan fingerprint density at radius 3 is 2.95 bits per heavy atom. The average Bonchev–Trinajstić information content (AvgIpc) is 2.86. The van der Waals surface area contributed by atoms with Gasteiger partial charge in [0.15, 0.2) is 5.69 Å². The summed E-state index contributed by atoms with van der Waals surface area (Å²) in [7, 11) is 1.63. The molecule has 0 bridgehead atoms. The van der Waals surface area contributed by atoms with Crippen molar-refractivity contribution in [3.8, 4) is 0 Å². The highest BCUT2D eigenvalue weighted by molar-refractivity contribution is 6.37. The van der Waals surface area contributed by atoms with Crippen molar-refractivity contribution < 1.29 is 9.53 Å². The molecule has 22 heavy (non-hydrogen) atoms. The first kappa shape index (κ1) is 14.6. The largest absolute Gasteiger partial charge is 0.380 e. The van der Waals surface area contributed by atoms with Gasteiger partial charge in [-0.05, 0) is 29.8 Å². The van der Waals surface area contributed by atoms with Gasteiger partial charge in [-0.25, -0.2) is 4.52 Å². The van der Waals surface area contributed by atoms with Crippen LogP contribution in [0.5, 0.6) is 0 Å². The van der Waals surface area contributed by atoms with Crippen molar-refractivity contribution >= 4 is 28.7 Å². The molecule has 0 aliphatic rings. The third kappa shape index (κ3) is 2.81. The van der Waals surface area contributed by atoms with Gasteiger partial charge in [-0.2, -0.15) is 5.10 Å². The number of anilines is 1. The highest BCUT2D eigenvalue weighted by Gasteiger charge is 2.17. The molecule has 0 aliphatic heterocycles. The zero-order chi connectivity index (χ0) is 15.5. The fraction of sp³-hybridized carbons (Fsp3) is 0.125. The van der Waals surface area contributed by atoms with Crippen molar-refractivity contribution in [2.24, 2.45) is 0 Å². The highest BCUT2D eigenvalue weighted by Crippen LogP contribution is 2.22. The monoisotopic (exact) mass is 315 g/mol. The summed E-state index contributed by atoms with van der Waals surface area (Å²) < 4.78 is 6.66. The van der Waals surface area contributed by atoms with Crippen molar-refractivity contribution in [3.05, 3.63) is 64.9 Å². The Morgan fingerprint density at radius 1 is 1.32 bits per heavy atom. The van der Waals surface area contributed by atoms with Gasteiger partial charge in [0, 0.05) is 19.0 Å². The van der Waals surface area contributed by atoms with Gasteiger partial charge in [-0.15, -0.1) is 0 Å². The maximum Gasteiger partial charge on any atom is 0.277 e. The molecule has 1 amide bonds. The number of carbonyl (C=O) groups is 1. The molecule has 0 saturated heterocycles. The number of methoxy groups -OCH3 is 1. The van der Waals surface area contributed by atoms with Crippen molar-refractivity contribution in [3.63, 3.8) is 0 Å². The number of amides is 1. The number of carbonyl (C=O) groups excluding carboxylic acids is 1. The first-order valence-corrected chi connectivity index (χ1v) is 7.09. The van der Waals surface area contributed by atoms with Crippen molar-refractivity contribution in [2.45, 2.75) is 6.61 Å². The van der Waals surface area contributed by atoms with E-state index in [4.69, 9.17) is 16.3 Å². The molecule has 0 saturated carbocycles. The minimum atomic E-state index is -0.344. The van der Waals surface area contributed by atoms with Gasteiger partial charge in [-0.3, -0.25) is 4.79 Å². The smallest absolute Gasteiger partial charge is 0.277 e. The number of nitrogens with zero attached hydrogens (tertiary/aromatic N) is 2. The summed E-state index contributed by atoms with van der Waals surface area (Å²) in [5, 5.41) is 7.36. The summed E-state index contributed by atoms with van der Waals surface area (Å²) in [6.45, 7) is 0.485. The van der Waals surface area contributed by atoms with E-state index in [-0.39, 0.29) is 11.6 Å². The molecule has 1 aromatic carbocycles. The predicted molar refractivity (Wildman–Crippen MR) is 85.3 cm³/mol. The van der Waals surface area contributed by atoms with Gasteiger partial charge in [0.1, 0.15) is 0 Å². The summed E-state index contributed by atoms with van der Waals surface area (Å²) in [6, 6.07) is 12.9. The quantitative estimate of drug-likeness (QED) is 0.803. The Hall–Kier alpha value is -2.37. The first-order valence-electron chi connectivity index (χ1n) is 6.71. The van der Waals surface area contributed by atoms with Crippen LogP contribution >= 0.6 is 11.6 Å². The maximum absolute atomic E-state index is 12.4. The Labute approximate surface area is 132 Å². The second-order valence-electron chi connectivity index (χ2n) is 4.78. The molecule has 0 spiro atoms. The fourth-order valence-corrected chi connectivity index (χ4v) is 2.48. The number of benzene rings is 1. The van der Waals surface area contributed by atoms with Crippen LogP contribution in [0.15, 0.2) is 48.7 Å². The molecule has 3 rings (SSSR count). The normalized spacial score (nSPS) is 10.8. The van der Waals surface area contributed by atoms with E-state index >= 15 is 0 Å². The zero-order valence-corrected chi connectivity index (χ0v) is 12.7. The van der Waals surface area contributed by atoms with E-state index in [0.29, 0.717) is 22.8 Å². The minimum absolute atomic E-state index is 0.199. The van der Waals surface area contributed by atoms with E-state index in [1.165, 1.54) is 0 Å². The topological polar surface area (TPSA) is 55.6 Å². The molecule has 1 N–H and O–H groups in total. The predicted octanol–water partition coefficient (Wildman–Crippen LogP) is 3.39. The van der Waals surface area contributed by atoms with Gasteiger partial charge in [0.05, 0.1) is 17.1 Å². The molecule has 5 nitrogen and oxygen atoms in total. The van der Waals surface area contributed by atoms with Gasteiger partial charge in [-0.1, -0.05) is 29.8 Å². The highest BCUT2D eigenvalue weighted by atomic mass is 35.5. The molecule has 0 aliphatic carbocycles. The van der Waals surface area contributed by atoms with Gasteiger partial charge in [0.2, 0.25) is 0 Å². The second kappa shape index (κ2) is 6.17. The number of rotatable bonds is 4. The number of fused-ring (bicyclic) bond motifs is 1. The molecule has 2 aromatic heterocycles. The van der Waals surface area contributed by atoms with Gasteiger partial charge >= 0.3 is 0 Å².